The Kier molecular flexibility index (Phi) is 2.12. The molecule has 0 radical (unpaired) electrons. The first-order valence-corrected chi connectivity index (χ1v) is 5.39. The molecule has 0 aliphatic carbocycles. The molecular formula is C11H12N4O2. The molecule has 1 aliphatic rings. The number of hydrogen-bond donors (Lipinski definition) is 1. The smallest absolute Gasteiger partial charge is 0.263 e. The number of aromatic nitrogens is 3. The maximum atomic E-state index is 11.7. The Balaban J connectivity index is 2.16. The van der Waals surface area contributed by atoms with E-state index in [-0.39, 0.29) is 5.78 Å². The summed E-state index contributed by atoms with van der Waals surface area (Å²) in [5.41, 5.74) is 2.20. The third-order valence-corrected chi connectivity index (χ3v) is 2.87. The van der Waals surface area contributed by atoms with Gasteiger partial charge in [-0.2, -0.15) is 0 Å². The molecule has 0 amide bonds. The molecule has 1 N–H and O–H groups in total. The van der Waals surface area contributed by atoms with Gasteiger partial charge in [0.05, 0.1) is 17.9 Å². The number of ketones is 1. The SMILES string of the molecule is Cc1coc(-c2nc3c(n2C)CNCC3=O)n1. The van der Waals surface area contributed by atoms with E-state index < -0.39 is 0 Å². The summed E-state index contributed by atoms with van der Waals surface area (Å²) in [4.78, 5) is 20.3. The predicted molar refractivity (Wildman–Crippen MR) is 59.5 cm³/mol. The molecule has 3 rings (SSSR count). The van der Waals surface area contributed by atoms with Gasteiger partial charge in [0.2, 0.25) is 0 Å². The zero-order valence-electron chi connectivity index (χ0n) is 9.65. The van der Waals surface area contributed by atoms with Crippen molar-refractivity contribution in [3.63, 3.8) is 0 Å². The van der Waals surface area contributed by atoms with Crippen LogP contribution in [0.5, 0.6) is 0 Å². The van der Waals surface area contributed by atoms with Crippen molar-refractivity contribution in [1.82, 2.24) is 19.9 Å². The first-order chi connectivity index (χ1) is 8.16. The van der Waals surface area contributed by atoms with Gasteiger partial charge in [-0.25, -0.2) is 9.97 Å². The topological polar surface area (TPSA) is 73.0 Å². The van der Waals surface area contributed by atoms with Crippen LogP contribution in [0.15, 0.2) is 10.7 Å². The van der Waals surface area contributed by atoms with E-state index in [9.17, 15) is 4.79 Å². The van der Waals surface area contributed by atoms with E-state index >= 15 is 0 Å². The van der Waals surface area contributed by atoms with E-state index in [2.05, 4.69) is 15.3 Å². The fourth-order valence-electron chi connectivity index (χ4n) is 1.98. The van der Waals surface area contributed by atoms with Crippen LogP contribution in [0.2, 0.25) is 0 Å². The summed E-state index contributed by atoms with van der Waals surface area (Å²) >= 11 is 0. The molecule has 0 spiro atoms. The lowest BCUT2D eigenvalue weighted by Gasteiger charge is -2.11. The minimum atomic E-state index is 0.0105. The molecule has 3 heterocycles. The molecule has 6 nitrogen and oxygen atoms in total. The highest BCUT2D eigenvalue weighted by Crippen LogP contribution is 2.22. The number of nitrogens with one attached hydrogen (secondary N) is 1. The molecule has 6 heteroatoms. The molecule has 17 heavy (non-hydrogen) atoms. The van der Waals surface area contributed by atoms with Crippen molar-refractivity contribution in [3.05, 3.63) is 23.3 Å². The minimum absolute atomic E-state index is 0.0105. The van der Waals surface area contributed by atoms with Gasteiger partial charge in [-0.05, 0) is 6.92 Å². The molecule has 0 aromatic carbocycles. The van der Waals surface area contributed by atoms with Crippen LogP contribution in [-0.2, 0) is 13.6 Å². The Labute approximate surface area is 97.7 Å². The normalized spacial score (nSPS) is 15.1. The van der Waals surface area contributed by atoms with Gasteiger partial charge in [0, 0.05) is 13.6 Å². The maximum absolute atomic E-state index is 11.7. The predicted octanol–water partition coefficient (Wildman–Crippen LogP) is 0.669. The van der Waals surface area contributed by atoms with Crippen LogP contribution >= 0.6 is 0 Å². The lowest BCUT2D eigenvalue weighted by atomic mass is 10.1. The molecule has 2 aromatic rings. The molecular weight excluding hydrogens is 220 g/mol. The maximum Gasteiger partial charge on any atom is 0.263 e. The van der Waals surface area contributed by atoms with Crippen LogP contribution in [0.3, 0.4) is 0 Å². The van der Waals surface area contributed by atoms with Gasteiger partial charge < -0.3 is 14.3 Å². The number of oxazole rings is 1. The highest BCUT2D eigenvalue weighted by Gasteiger charge is 2.26. The summed E-state index contributed by atoms with van der Waals surface area (Å²) in [6.45, 7) is 2.83. The van der Waals surface area contributed by atoms with E-state index in [0.29, 0.717) is 30.5 Å². The molecule has 0 atom stereocenters. The number of carbonyl (C=O) groups is 1. The first kappa shape index (κ1) is 10.2. The van der Waals surface area contributed by atoms with E-state index in [1.807, 2.05) is 18.5 Å². The Morgan fingerprint density at radius 3 is 2.88 bits per heavy atom. The molecule has 0 fully saturated rings. The van der Waals surface area contributed by atoms with Gasteiger partial charge in [0.15, 0.2) is 11.6 Å². The fraction of sp³-hybridized carbons (Fsp3) is 0.364. The Bertz CT molecular complexity index is 597. The van der Waals surface area contributed by atoms with Crippen molar-refractivity contribution >= 4 is 5.78 Å². The fourth-order valence-corrected chi connectivity index (χ4v) is 1.98. The molecule has 0 saturated heterocycles. The average molecular weight is 232 g/mol. The number of fused-ring (bicyclic) bond motifs is 1. The summed E-state index contributed by atoms with van der Waals surface area (Å²) in [6.07, 6.45) is 1.57. The highest BCUT2D eigenvalue weighted by molar-refractivity contribution is 5.98. The van der Waals surface area contributed by atoms with Gasteiger partial charge >= 0.3 is 0 Å². The monoisotopic (exact) mass is 232 g/mol. The van der Waals surface area contributed by atoms with Gasteiger partial charge in [-0.3, -0.25) is 4.79 Å². The first-order valence-electron chi connectivity index (χ1n) is 5.39. The van der Waals surface area contributed by atoms with E-state index in [4.69, 9.17) is 4.42 Å². The lowest BCUT2D eigenvalue weighted by molar-refractivity contribution is 0.0977. The van der Waals surface area contributed by atoms with Crippen molar-refractivity contribution in [2.24, 2.45) is 7.05 Å². The van der Waals surface area contributed by atoms with Crippen LogP contribution in [0, 0.1) is 6.92 Å². The summed E-state index contributed by atoms with van der Waals surface area (Å²) < 4.78 is 7.17. The minimum Gasteiger partial charge on any atom is -0.442 e. The molecule has 1 aliphatic heterocycles. The van der Waals surface area contributed by atoms with Crippen molar-refractivity contribution in [2.75, 3.05) is 6.54 Å². The zero-order valence-corrected chi connectivity index (χ0v) is 9.65. The van der Waals surface area contributed by atoms with Crippen LogP contribution in [0.4, 0.5) is 0 Å². The summed E-state index contributed by atoms with van der Waals surface area (Å²) in [5.74, 6) is 1.06. The van der Waals surface area contributed by atoms with Crippen molar-refractivity contribution in [3.8, 4) is 11.7 Å². The Morgan fingerprint density at radius 2 is 2.24 bits per heavy atom. The van der Waals surface area contributed by atoms with E-state index in [0.717, 1.165) is 11.4 Å². The van der Waals surface area contributed by atoms with E-state index in [1.54, 1.807) is 6.26 Å². The van der Waals surface area contributed by atoms with Crippen LogP contribution < -0.4 is 5.32 Å². The molecule has 0 bridgehead atoms. The van der Waals surface area contributed by atoms with Crippen LogP contribution in [-0.4, -0.2) is 26.9 Å². The quantitative estimate of drug-likeness (QED) is 0.782. The Morgan fingerprint density at radius 1 is 1.41 bits per heavy atom. The van der Waals surface area contributed by atoms with Gasteiger partial charge in [0.25, 0.3) is 5.89 Å². The number of nitrogens with zero attached hydrogens (tertiary/aromatic N) is 3. The zero-order chi connectivity index (χ0) is 12.0. The number of aryl methyl sites for hydroxylation is 1. The van der Waals surface area contributed by atoms with Gasteiger partial charge in [0.1, 0.15) is 12.0 Å². The van der Waals surface area contributed by atoms with Crippen molar-refractivity contribution in [1.29, 1.82) is 0 Å². The highest BCUT2D eigenvalue weighted by atomic mass is 16.3. The lowest BCUT2D eigenvalue weighted by Crippen LogP contribution is -2.30. The number of imidazole rings is 1. The summed E-state index contributed by atoms with van der Waals surface area (Å²) in [5, 5.41) is 3.04. The van der Waals surface area contributed by atoms with Crippen LogP contribution in [0.1, 0.15) is 21.9 Å². The van der Waals surface area contributed by atoms with Crippen LogP contribution in [0.25, 0.3) is 11.7 Å². The summed E-state index contributed by atoms with van der Waals surface area (Å²) in [7, 11) is 1.86. The molecule has 88 valence electrons. The molecule has 0 saturated carbocycles. The largest absolute Gasteiger partial charge is 0.442 e. The van der Waals surface area contributed by atoms with Crippen molar-refractivity contribution in [2.45, 2.75) is 13.5 Å². The number of carbonyl (C=O) groups excluding carboxylic acids is 1. The average Bonchev–Trinajstić information content (AvgIpc) is 2.85. The number of hydrogen-bond acceptors (Lipinski definition) is 5. The second kappa shape index (κ2) is 3.53. The number of rotatable bonds is 1. The summed E-state index contributed by atoms with van der Waals surface area (Å²) in [6, 6.07) is 0. The second-order valence-electron chi connectivity index (χ2n) is 4.11. The number of Topliss-reactive ketones (excluding diaryl/α,β-unsaturated/α-hetero) is 1. The third kappa shape index (κ3) is 1.49. The second-order valence-corrected chi connectivity index (χ2v) is 4.11. The van der Waals surface area contributed by atoms with Gasteiger partial charge in [-0.15, -0.1) is 0 Å². The molecule has 0 unspecified atom stereocenters. The standard InChI is InChI=1S/C11H12N4O2/c1-6-5-17-11(13-6)10-14-9-7(15(10)2)3-12-4-8(9)16/h5,12H,3-4H2,1-2H3. The van der Waals surface area contributed by atoms with E-state index in [1.165, 1.54) is 0 Å². The molecule has 2 aromatic heterocycles. The Hall–Kier alpha value is -1.95. The van der Waals surface area contributed by atoms with Crippen molar-refractivity contribution < 1.29 is 9.21 Å². The third-order valence-electron chi connectivity index (χ3n) is 2.87. The van der Waals surface area contributed by atoms with Gasteiger partial charge in [-0.1, -0.05) is 0 Å².